The van der Waals surface area contributed by atoms with E-state index < -0.39 is 0 Å². The van der Waals surface area contributed by atoms with Crippen molar-refractivity contribution in [1.29, 1.82) is 0 Å². The van der Waals surface area contributed by atoms with E-state index in [1.165, 1.54) is 12.8 Å². The lowest BCUT2D eigenvalue weighted by molar-refractivity contribution is -0.130. The second kappa shape index (κ2) is 5.20. The van der Waals surface area contributed by atoms with Crippen LogP contribution >= 0.6 is 0 Å². The molecule has 0 radical (unpaired) electrons. The molecule has 0 aliphatic heterocycles. The highest BCUT2D eigenvalue weighted by atomic mass is 16.1. The van der Waals surface area contributed by atoms with Crippen molar-refractivity contribution in [3.05, 3.63) is 0 Å². The summed E-state index contributed by atoms with van der Waals surface area (Å²) in [4.78, 5) is 12.1. The smallest absolute Gasteiger partial charge is 0.223 e. The zero-order valence-corrected chi connectivity index (χ0v) is 11.5. The first-order chi connectivity index (χ1) is 7.37. The zero-order chi connectivity index (χ0) is 12.3. The van der Waals surface area contributed by atoms with E-state index in [2.05, 4.69) is 33.0 Å². The Bertz CT molecular complexity index is 245. The molecule has 1 amide bonds. The molecule has 1 aliphatic carbocycles. The van der Waals surface area contributed by atoms with Crippen molar-refractivity contribution in [2.24, 2.45) is 23.2 Å². The molecule has 1 rings (SSSR count). The van der Waals surface area contributed by atoms with E-state index in [1.807, 2.05) is 6.92 Å². The van der Waals surface area contributed by atoms with Crippen LogP contribution in [0.4, 0.5) is 0 Å². The lowest BCUT2D eigenvalue weighted by Gasteiger charge is -2.41. The van der Waals surface area contributed by atoms with Crippen molar-refractivity contribution < 1.29 is 4.79 Å². The quantitative estimate of drug-likeness (QED) is 0.785. The summed E-state index contributed by atoms with van der Waals surface area (Å²) in [5, 5.41) is 3.00. The summed E-state index contributed by atoms with van der Waals surface area (Å²) < 4.78 is 0. The van der Waals surface area contributed by atoms with E-state index in [1.54, 1.807) is 0 Å². The summed E-state index contributed by atoms with van der Waals surface area (Å²) in [6.07, 6.45) is 3.50. The Labute approximate surface area is 100 Å². The van der Waals surface area contributed by atoms with Crippen LogP contribution in [0, 0.1) is 23.2 Å². The van der Waals surface area contributed by atoms with Crippen LogP contribution in [0.1, 0.15) is 53.9 Å². The van der Waals surface area contributed by atoms with Crippen molar-refractivity contribution in [3.8, 4) is 0 Å². The SMILES string of the molecule is CCNC(=O)[C@H]1CC(C)(C)CC[C@@H]1C(C)C. The molecule has 0 unspecified atom stereocenters. The minimum atomic E-state index is 0.226. The molecule has 2 nitrogen and oxygen atoms in total. The third-order valence-corrected chi connectivity index (χ3v) is 3.99. The Balaban J connectivity index is 2.75. The van der Waals surface area contributed by atoms with E-state index in [0.29, 0.717) is 17.3 Å². The molecule has 0 spiro atoms. The summed E-state index contributed by atoms with van der Waals surface area (Å²) >= 11 is 0. The van der Waals surface area contributed by atoms with Gasteiger partial charge in [0.25, 0.3) is 0 Å². The molecule has 94 valence electrons. The second-order valence-corrected chi connectivity index (χ2v) is 6.32. The van der Waals surface area contributed by atoms with Crippen LogP contribution in [0.2, 0.25) is 0 Å². The van der Waals surface area contributed by atoms with Gasteiger partial charge in [0.2, 0.25) is 5.91 Å². The summed E-state index contributed by atoms with van der Waals surface area (Å²) in [6.45, 7) is 11.8. The van der Waals surface area contributed by atoms with Gasteiger partial charge in [-0.3, -0.25) is 4.79 Å². The Morgan fingerprint density at radius 3 is 2.56 bits per heavy atom. The fourth-order valence-corrected chi connectivity index (χ4v) is 3.00. The largest absolute Gasteiger partial charge is 0.356 e. The van der Waals surface area contributed by atoms with Crippen LogP contribution in [0.25, 0.3) is 0 Å². The molecule has 2 atom stereocenters. The van der Waals surface area contributed by atoms with Crippen LogP contribution < -0.4 is 5.32 Å². The van der Waals surface area contributed by atoms with Crippen molar-refractivity contribution in [1.82, 2.24) is 5.32 Å². The first kappa shape index (κ1) is 13.5. The standard InChI is InChI=1S/C14H27NO/c1-6-15-13(16)12-9-14(4,5)8-7-11(12)10(2)3/h10-12H,6-9H2,1-5H3,(H,15,16)/t11-,12+/m1/s1. The first-order valence-corrected chi connectivity index (χ1v) is 6.65. The summed E-state index contributed by atoms with van der Waals surface area (Å²) in [5.41, 5.74) is 0.334. The van der Waals surface area contributed by atoms with Gasteiger partial charge in [-0.15, -0.1) is 0 Å². The Morgan fingerprint density at radius 1 is 1.44 bits per heavy atom. The van der Waals surface area contributed by atoms with Gasteiger partial charge in [-0.05, 0) is 43.4 Å². The lowest BCUT2D eigenvalue weighted by Crippen LogP contribution is -2.42. The van der Waals surface area contributed by atoms with E-state index in [9.17, 15) is 4.79 Å². The molecule has 1 aliphatic rings. The molecule has 1 fully saturated rings. The van der Waals surface area contributed by atoms with Crippen LogP contribution in [0.5, 0.6) is 0 Å². The van der Waals surface area contributed by atoms with Crippen LogP contribution in [0.15, 0.2) is 0 Å². The number of hydrogen-bond acceptors (Lipinski definition) is 1. The number of nitrogens with one attached hydrogen (secondary N) is 1. The Hall–Kier alpha value is -0.530. The average Bonchev–Trinajstić information content (AvgIpc) is 2.16. The fourth-order valence-electron chi connectivity index (χ4n) is 3.00. The molecular formula is C14H27NO. The monoisotopic (exact) mass is 225 g/mol. The molecule has 0 heterocycles. The summed E-state index contributed by atoms with van der Waals surface area (Å²) in [7, 11) is 0. The molecule has 1 saturated carbocycles. The van der Waals surface area contributed by atoms with Gasteiger partial charge in [-0.25, -0.2) is 0 Å². The Kier molecular flexibility index (Phi) is 4.40. The molecule has 16 heavy (non-hydrogen) atoms. The maximum absolute atomic E-state index is 12.1. The first-order valence-electron chi connectivity index (χ1n) is 6.65. The molecule has 0 saturated heterocycles. The van der Waals surface area contributed by atoms with E-state index >= 15 is 0 Å². The van der Waals surface area contributed by atoms with Gasteiger partial charge in [0, 0.05) is 12.5 Å². The van der Waals surface area contributed by atoms with Gasteiger partial charge < -0.3 is 5.32 Å². The maximum Gasteiger partial charge on any atom is 0.223 e. The van der Waals surface area contributed by atoms with Crippen molar-refractivity contribution in [2.45, 2.75) is 53.9 Å². The van der Waals surface area contributed by atoms with E-state index in [4.69, 9.17) is 0 Å². The van der Waals surface area contributed by atoms with Gasteiger partial charge in [-0.2, -0.15) is 0 Å². The van der Waals surface area contributed by atoms with Gasteiger partial charge in [0.05, 0.1) is 0 Å². The van der Waals surface area contributed by atoms with Gasteiger partial charge >= 0.3 is 0 Å². The summed E-state index contributed by atoms with van der Waals surface area (Å²) in [5.74, 6) is 1.68. The minimum absolute atomic E-state index is 0.226. The van der Waals surface area contributed by atoms with E-state index in [-0.39, 0.29) is 11.8 Å². The normalized spacial score (nSPS) is 29.1. The van der Waals surface area contributed by atoms with Gasteiger partial charge in [0.1, 0.15) is 0 Å². The highest BCUT2D eigenvalue weighted by molar-refractivity contribution is 5.79. The molecule has 0 bridgehead atoms. The fraction of sp³-hybridized carbons (Fsp3) is 0.929. The Morgan fingerprint density at radius 2 is 2.06 bits per heavy atom. The highest BCUT2D eigenvalue weighted by Crippen LogP contribution is 2.44. The summed E-state index contributed by atoms with van der Waals surface area (Å²) in [6, 6.07) is 0. The molecule has 0 aromatic rings. The van der Waals surface area contributed by atoms with Gasteiger partial charge in [0.15, 0.2) is 0 Å². The number of carbonyl (C=O) groups excluding carboxylic acids is 1. The van der Waals surface area contributed by atoms with Gasteiger partial charge in [-0.1, -0.05) is 27.7 Å². The lowest BCUT2D eigenvalue weighted by atomic mass is 9.64. The molecular weight excluding hydrogens is 198 g/mol. The van der Waals surface area contributed by atoms with E-state index in [0.717, 1.165) is 13.0 Å². The van der Waals surface area contributed by atoms with Crippen LogP contribution in [-0.2, 0) is 4.79 Å². The predicted molar refractivity (Wildman–Crippen MR) is 68.1 cm³/mol. The minimum Gasteiger partial charge on any atom is -0.356 e. The topological polar surface area (TPSA) is 29.1 Å². The van der Waals surface area contributed by atoms with Crippen molar-refractivity contribution >= 4 is 5.91 Å². The maximum atomic E-state index is 12.1. The van der Waals surface area contributed by atoms with Crippen LogP contribution in [-0.4, -0.2) is 12.5 Å². The molecule has 1 N–H and O–H groups in total. The third-order valence-electron chi connectivity index (χ3n) is 3.99. The molecule has 2 heteroatoms. The number of carbonyl (C=O) groups is 1. The number of rotatable bonds is 3. The molecule has 0 aromatic heterocycles. The molecule has 0 aromatic carbocycles. The number of hydrogen-bond donors (Lipinski definition) is 1. The third kappa shape index (κ3) is 3.23. The van der Waals surface area contributed by atoms with Crippen molar-refractivity contribution in [2.75, 3.05) is 6.54 Å². The highest BCUT2D eigenvalue weighted by Gasteiger charge is 2.39. The van der Waals surface area contributed by atoms with Crippen LogP contribution in [0.3, 0.4) is 0 Å². The predicted octanol–water partition coefficient (Wildman–Crippen LogP) is 3.22. The zero-order valence-electron chi connectivity index (χ0n) is 11.5. The van der Waals surface area contributed by atoms with Crippen molar-refractivity contribution in [3.63, 3.8) is 0 Å². The second-order valence-electron chi connectivity index (χ2n) is 6.32. The average molecular weight is 225 g/mol. The number of amides is 1.